The third kappa shape index (κ3) is 14.8. The van der Waals surface area contributed by atoms with Crippen molar-refractivity contribution >= 4 is 33.9 Å². The first-order valence-electron chi connectivity index (χ1n) is 12.6. The lowest BCUT2D eigenvalue weighted by Gasteiger charge is -2.33. The Morgan fingerprint density at radius 1 is 1.03 bits per heavy atom. The molecule has 39 heavy (non-hydrogen) atoms. The van der Waals surface area contributed by atoms with E-state index in [-0.39, 0.29) is 43.7 Å². The molecule has 0 aromatic heterocycles. The van der Waals surface area contributed by atoms with E-state index in [1.54, 1.807) is 47.4 Å². The number of hydrogen-bond acceptors (Lipinski definition) is 7. The maximum absolute atomic E-state index is 13.5. The minimum Gasteiger partial charge on any atom is -0.351 e. The average Bonchev–Trinajstić information content (AvgIpc) is 2.88. The van der Waals surface area contributed by atoms with Crippen molar-refractivity contribution in [3.63, 3.8) is 0 Å². The van der Waals surface area contributed by atoms with E-state index in [2.05, 4.69) is 9.68 Å². The molecule has 1 unspecified atom stereocenters. The van der Waals surface area contributed by atoms with Crippen LogP contribution in [0.4, 0.5) is 4.39 Å². The van der Waals surface area contributed by atoms with Crippen LogP contribution in [0.3, 0.4) is 0 Å². The number of ether oxygens (including phenoxy) is 2. The van der Waals surface area contributed by atoms with Crippen molar-refractivity contribution in [2.24, 2.45) is 4.36 Å². The number of nitrogens with zero attached hydrogens (tertiary/aromatic N) is 2. The number of hydrogen-bond donors (Lipinski definition) is 1. The predicted molar refractivity (Wildman–Crippen MR) is 148 cm³/mol. The SMILES string of the molecule is CCOC(CN(C(=O)C(Cc1ccc(Cl)cc1)NC(=O)CCN=S(=O)=O)C(C)C)OCC.Fc1ccccc1. The molecule has 0 aliphatic rings. The molecule has 0 bridgehead atoms. The van der Waals surface area contributed by atoms with Crippen LogP contribution in [0.2, 0.25) is 5.02 Å². The Morgan fingerprint density at radius 3 is 2.08 bits per heavy atom. The van der Waals surface area contributed by atoms with Crippen LogP contribution in [-0.2, 0) is 36.0 Å². The van der Waals surface area contributed by atoms with Crippen molar-refractivity contribution in [2.45, 2.75) is 58.9 Å². The van der Waals surface area contributed by atoms with Gasteiger partial charge in [-0.3, -0.25) is 9.59 Å². The molecule has 0 radical (unpaired) electrons. The first-order valence-corrected chi connectivity index (χ1v) is 14.0. The van der Waals surface area contributed by atoms with Crippen molar-refractivity contribution in [3.8, 4) is 0 Å². The molecule has 2 rings (SSSR count). The maximum Gasteiger partial charge on any atom is 0.311 e. The van der Waals surface area contributed by atoms with Crippen LogP contribution in [-0.4, -0.2) is 69.8 Å². The molecule has 216 valence electrons. The van der Waals surface area contributed by atoms with Gasteiger partial charge in [0.25, 0.3) is 0 Å². The van der Waals surface area contributed by atoms with E-state index in [0.29, 0.717) is 18.2 Å². The summed E-state index contributed by atoms with van der Waals surface area (Å²) in [5.41, 5.74) is 0.813. The predicted octanol–water partition coefficient (Wildman–Crippen LogP) is 4.28. The normalized spacial score (nSPS) is 11.4. The monoisotopic (exact) mass is 585 g/mol. The van der Waals surface area contributed by atoms with E-state index in [1.165, 1.54) is 12.1 Å². The molecule has 1 N–H and O–H groups in total. The number of halogens is 2. The molecule has 2 amide bonds. The van der Waals surface area contributed by atoms with Gasteiger partial charge in [-0.15, -0.1) is 0 Å². The largest absolute Gasteiger partial charge is 0.351 e. The first-order chi connectivity index (χ1) is 18.6. The molecular formula is C27H37ClFN3O6S. The Labute approximate surface area is 236 Å². The minimum atomic E-state index is -2.58. The lowest BCUT2D eigenvalue weighted by molar-refractivity contribution is -0.163. The van der Waals surface area contributed by atoms with Crippen LogP contribution >= 0.6 is 11.6 Å². The zero-order valence-electron chi connectivity index (χ0n) is 22.7. The highest BCUT2D eigenvalue weighted by atomic mass is 35.5. The van der Waals surface area contributed by atoms with Gasteiger partial charge < -0.3 is 19.7 Å². The fourth-order valence-electron chi connectivity index (χ4n) is 3.40. The fourth-order valence-corrected chi connectivity index (χ4v) is 3.77. The highest BCUT2D eigenvalue weighted by Gasteiger charge is 2.30. The van der Waals surface area contributed by atoms with Crippen molar-refractivity contribution in [2.75, 3.05) is 26.3 Å². The number of nitrogens with one attached hydrogen (secondary N) is 1. The topological polar surface area (TPSA) is 114 Å². The zero-order chi connectivity index (χ0) is 29.2. The zero-order valence-corrected chi connectivity index (χ0v) is 24.3. The highest BCUT2D eigenvalue weighted by molar-refractivity contribution is 7.61. The van der Waals surface area contributed by atoms with Gasteiger partial charge in [0.15, 0.2) is 6.29 Å². The Bertz CT molecular complexity index is 1120. The minimum absolute atomic E-state index is 0.152. The van der Waals surface area contributed by atoms with E-state index in [4.69, 9.17) is 21.1 Å². The quantitative estimate of drug-likeness (QED) is 0.331. The standard InChI is InChI=1S/C21H32ClN3O6S.C6H5F/c1-5-30-20(31-6-2)14-25(15(3)4)21(27)18(13-16-7-9-17(22)10-8-16)24-19(26)11-12-23-32(28)29;7-6-4-2-1-3-5-6/h7-10,15,18,20H,5-6,11-14H2,1-4H3,(H,24,26);1-5H. The molecule has 2 aromatic rings. The molecule has 0 saturated carbocycles. The molecule has 1 atom stereocenters. The summed E-state index contributed by atoms with van der Waals surface area (Å²) in [7, 11) is -2.58. The Hall–Kier alpha value is -2.86. The summed E-state index contributed by atoms with van der Waals surface area (Å²) in [6, 6.07) is 13.9. The summed E-state index contributed by atoms with van der Waals surface area (Å²) in [5.74, 6) is -0.944. The molecule has 9 nitrogen and oxygen atoms in total. The fraction of sp³-hybridized carbons (Fsp3) is 0.481. The number of carbonyl (C=O) groups is 2. The number of carbonyl (C=O) groups excluding carboxylic acids is 2. The van der Waals surface area contributed by atoms with E-state index in [0.717, 1.165) is 5.56 Å². The molecule has 0 heterocycles. The molecule has 0 fully saturated rings. The van der Waals surface area contributed by atoms with E-state index in [9.17, 15) is 22.4 Å². The molecule has 0 aliphatic carbocycles. The second-order valence-corrected chi connectivity index (χ2v) is 9.62. The first kappa shape index (κ1) is 34.2. The van der Waals surface area contributed by atoms with Crippen LogP contribution in [0, 0.1) is 5.82 Å². The van der Waals surface area contributed by atoms with E-state index in [1.807, 2.05) is 27.7 Å². The van der Waals surface area contributed by atoms with Crippen molar-refractivity contribution in [1.29, 1.82) is 0 Å². The van der Waals surface area contributed by atoms with Gasteiger partial charge in [0, 0.05) is 37.1 Å². The summed E-state index contributed by atoms with van der Waals surface area (Å²) >= 11 is 5.95. The van der Waals surface area contributed by atoms with Crippen molar-refractivity contribution in [1.82, 2.24) is 10.2 Å². The summed E-state index contributed by atoms with van der Waals surface area (Å²) in [5, 5.41) is 3.28. The smallest absolute Gasteiger partial charge is 0.311 e. The summed E-state index contributed by atoms with van der Waals surface area (Å²) in [6.07, 6.45) is -0.501. The van der Waals surface area contributed by atoms with Gasteiger partial charge in [-0.2, -0.15) is 12.8 Å². The third-order valence-corrected chi connectivity index (χ3v) is 5.86. The molecular weight excluding hydrogens is 549 g/mol. The number of rotatable bonds is 14. The van der Waals surface area contributed by atoms with Crippen molar-refractivity contribution in [3.05, 3.63) is 71.0 Å². The van der Waals surface area contributed by atoms with Crippen LogP contribution in [0.15, 0.2) is 59.0 Å². The Balaban J connectivity index is 0.000000934. The van der Waals surface area contributed by atoms with Gasteiger partial charge >= 0.3 is 10.5 Å². The lowest BCUT2D eigenvalue weighted by atomic mass is 10.0. The Morgan fingerprint density at radius 2 is 1.62 bits per heavy atom. The average molecular weight is 586 g/mol. The molecule has 0 saturated heterocycles. The third-order valence-electron chi connectivity index (χ3n) is 5.21. The summed E-state index contributed by atoms with van der Waals surface area (Å²) < 4.78 is 47.5. The summed E-state index contributed by atoms with van der Waals surface area (Å²) in [4.78, 5) is 27.5. The van der Waals surface area contributed by atoms with Crippen LogP contribution in [0.1, 0.15) is 39.7 Å². The maximum atomic E-state index is 13.5. The molecule has 12 heteroatoms. The lowest BCUT2D eigenvalue weighted by Crippen LogP contribution is -2.54. The second kappa shape index (κ2) is 19.2. The highest BCUT2D eigenvalue weighted by Crippen LogP contribution is 2.14. The van der Waals surface area contributed by atoms with Gasteiger partial charge in [0.1, 0.15) is 11.9 Å². The molecule has 0 aliphatic heterocycles. The van der Waals surface area contributed by atoms with Crippen LogP contribution < -0.4 is 5.32 Å². The van der Waals surface area contributed by atoms with E-state index < -0.39 is 28.7 Å². The van der Waals surface area contributed by atoms with Gasteiger partial charge in [-0.25, -0.2) is 4.39 Å². The van der Waals surface area contributed by atoms with Gasteiger partial charge in [-0.05, 0) is 57.5 Å². The molecule has 0 spiro atoms. The van der Waals surface area contributed by atoms with Gasteiger partial charge in [0.05, 0.1) is 13.1 Å². The van der Waals surface area contributed by atoms with Crippen molar-refractivity contribution < 1.29 is 31.9 Å². The van der Waals surface area contributed by atoms with E-state index >= 15 is 0 Å². The van der Waals surface area contributed by atoms with Gasteiger partial charge in [-0.1, -0.05) is 41.9 Å². The Kier molecular flexibility index (Phi) is 16.9. The summed E-state index contributed by atoms with van der Waals surface area (Å²) in [6.45, 7) is 8.31. The van der Waals surface area contributed by atoms with Crippen LogP contribution in [0.25, 0.3) is 0 Å². The molecule has 2 aromatic carbocycles. The van der Waals surface area contributed by atoms with Crippen LogP contribution in [0.5, 0.6) is 0 Å². The van der Waals surface area contributed by atoms with Gasteiger partial charge in [0.2, 0.25) is 11.8 Å². The number of benzene rings is 2. The second-order valence-electron chi connectivity index (χ2n) is 8.49. The number of amides is 2.